The van der Waals surface area contributed by atoms with Crippen LogP contribution in [-0.4, -0.2) is 69.3 Å². The number of hydrogen-bond donors (Lipinski definition) is 1. The van der Waals surface area contributed by atoms with E-state index in [9.17, 15) is 0 Å². The Morgan fingerprint density at radius 3 is 2.33 bits per heavy atom. The van der Waals surface area contributed by atoms with Crippen molar-refractivity contribution in [3.05, 3.63) is 24.3 Å². The number of methoxy groups -OCH3 is 1. The normalized spacial score (nSPS) is 17.4. The molecule has 2 N–H and O–H groups in total. The molecule has 0 unspecified atom stereocenters. The Labute approximate surface area is 127 Å². The topological polar surface area (TPSA) is 51.0 Å². The molecule has 0 saturated carbocycles. The highest BCUT2D eigenvalue weighted by atomic mass is 16.5. The number of ether oxygens (including phenoxy) is 2. The van der Waals surface area contributed by atoms with Crippen LogP contribution in [0.15, 0.2) is 24.3 Å². The molecular formula is C16H27N3O2. The van der Waals surface area contributed by atoms with Gasteiger partial charge in [0.05, 0.1) is 7.11 Å². The van der Waals surface area contributed by atoms with Crippen molar-refractivity contribution in [2.24, 2.45) is 5.73 Å². The first-order chi connectivity index (χ1) is 10.3. The van der Waals surface area contributed by atoms with Crippen LogP contribution in [0.3, 0.4) is 0 Å². The minimum absolute atomic E-state index is 0.692. The predicted octanol–water partition coefficient (Wildman–Crippen LogP) is 1.04. The van der Waals surface area contributed by atoms with E-state index in [0.717, 1.165) is 57.3 Å². The number of rotatable bonds is 7. The summed E-state index contributed by atoms with van der Waals surface area (Å²) < 4.78 is 11.1. The van der Waals surface area contributed by atoms with Crippen LogP contribution < -0.4 is 15.2 Å². The maximum Gasteiger partial charge on any atom is 0.161 e. The molecular weight excluding hydrogens is 266 g/mol. The first kappa shape index (κ1) is 16.1. The molecule has 118 valence electrons. The van der Waals surface area contributed by atoms with E-state index < -0.39 is 0 Å². The molecule has 1 aromatic rings. The molecule has 0 bridgehead atoms. The van der Waals surface area contributed by atoms with E-state index in [2.05, 4.69) is 9.80 Å². The lowest BCUT2D eigenvalue weighted by atomic mass is 10.3. The maximum atomic E-state index is 5.85. The van der Waals surface area contributed by atoms with Gasteiger partial charge >= 0.3 is 0 Å². The van der Waals surface area contributed by atoms with Gasteiger partial charge in [0, 0.05) is 32.7 Å². The van der Waals surface area contributed by atoms with Gasteiger partial charge in [0.25, 0.3) is 0 Å². The molecule has 1 aliphatic heterocycles. The largest absolute Gasteiger partial charge is 0.493 e. The smallest absolute Gasteiger partial charge is 0.161 e. The SMILES string of the molecule is COc1ccccc1OCCN1CCCN(CCN)CC1. The van der Waals surface area contributed by atoms with Gasteiger partial charge in [-0.3, -0.25) is 4.90 Å². The van der Waals surface area contributed by atoms with E-state index in [1.165, 1.54) is 6.42 Å². The second-order valence-electron chi connectivity index (χ2n) is 5.32. The third-order valence-corrected chi connectivity index (χ3v) is 3.86. The second-order valence-corrected chi connectivity index (χ2v) is 5.32. The van der Waals surface area contributed by atoms with E-state index in [0.29, 0.717) is 6.61 Å². The van der Waals surface area contributed by atoms with E-state index in [1.807, 2.05) is 24.3 Å². The van der Waals surface area contributed by atoms with Crippen LogP contribution in [0.25, 0.3) is 0 Å². The van der Waals surface area contributed by atoms with Crippen molar-refractivity contribution < 1.29 is 9.47 Å². The Morgan fingerprint density at radius 2 is 1.67 bits per heavy atom. The van der Waals surface area contributed by atoms with Crippen molar-refractivity contribution >= 4 is 0 Å². The minimum atomic E-state index is 0.692. The Balaban J connectivity index is 1.73. The summed E-state index contributed by atoms with van der Waals surface area (Å²) in [6.07, 6.45) is 1.20. The number of hydrogen-bond acceptors (Lipinski definition) is 5. The van der Waals surface area contributed by atoms with Crippen molar-refractivity contribution in [3.63, 3.8) is 0 Å². The highest BCUT2D eigenvalue weighted by Gasteiger charge is 2.14. The van der Waals surface area contributed by atoms with Crippen LogP contribution in [0.5, 0.6) is 11.5 Å². The van der Waals surface area contributed by atoms with Gasteiger partial charge in [-0.25, -0.2) is 0 Å². The Hall–Kier alpha value is -1.30. The molecule has 1 aliphatic rings. The molecule has 21 heavy (non-hydrogen) atoms. The zero-order chi connectivity index (χ0) is 14.9. The van der Waals surface area contributed by atoms with Gasteiger partial charge in [0.1, 0.15) is 6.61 Å². The Morgan fingerprint density at radius 1 is 1.00 bits per heavy atom. The monoisotopic (exact) mass is 293 g/mol. The molecule has 0 radical (unpaired) electrons. The quantitative estimate of drug-likeness (QED) is 0.814. The van der Waals surface area contributed by atoms with Gasteiger partial charge in [0.2, 0.25) is 0 Å². The van der Waals surface area contributed by atoms with Crippen molar-refractivity contribution in [1.29, 1.82) is 0 Å². The third-order valence-electron chi connectivity index (χ3n) is 3.86. The summed E-state index contributed by atoms with van der Waals surface area (Å²) >= 11 is 0. The van der Waals surface area contributed by atoms with Gasteiger partial charge in [0.15, 0.2) is 11.5 Å². The first-order valence-corrected chi connectivity index (χ1v) is 7.74. The molecule has 0 aromatic heterocycles. The molecule has 5 heteroatoms. The van der Waals surface area contributed by atoms with Gasteiger partial charge in [-0.05, 0) is 31.6 Å². The number of para-hydroxylation sites is 2. The Bertz CT molecular complexity index is 414. The highest BCUT2D eigenvalue weighted by Crippen LogP contribution is 2.25. The average Bonchev–Trinajstić information content (AvgIpc) is 2.74. The van der Waals surface area contributed by atoms with Crippen LogP contribution in [-0.2, 0) is 0 Å². The van der Waals surface area contributed by atoms with Crippen molar-refractivity contribution in [2.45, 2.75) is 6.42 Å². The van der Waals surface area contributed by atoms with Gasteiger partial charge in [-0.15, -0.1) is 0 Å². The molecule has 0 aliphatic carbocycles. The summed E-state index contributed by atoms with van der Waals surface area (Å²) in [6.45, 7) is 7.88. The first-order valence-electron chi connectivity index (χ1n) is 7.74. The lowest BCUT2D eigenvalue weighted by Gasteiger charge is -2.21. The fourth-order valence-corrected chi connectivity index (χ4v) is 2.68. The average molecular weight is 293 g/mol. The van der Waals surface area contributed by atoms with Crippen LogP contribution in [0.4, 0.5) is 0 Å². The molecule has 1 heterocycles. The lowest BCUT2D eigenvalue weighted by molar-refractivity contribution is 0.205. The van der Waals surface area contributed by atoms with Crippen molar-refractivity contribution in [3.8, 4) is 11.5 Å². The van der Waals surface area contributed by atoms with E-state index in [4.69, 9.17) is 15.2 Å². The molecule has 0 atom stereocenters. The van der Waals surface area contributed by atoms with E-state index in [-0.39, 0.29) is 0 Å². The maximum absolute atomic E-state index is 5.85. The molecule has 1 aromatic carbocycles. The highest BCUT2D eigenvalue weighted by molar-refractivity contribution is 5.39. The van der Waals surface area contributed by atoms with E-state index >= 15 is 0 Å². The van der Waals surface area contributed by atoms with Crippen molar-refractivity contribution in [1.82, 2.24) is 9.80 Å². The Kier molecular flexibility index (Phi) is 6.79. The van der Waals surface area contributed by atoms with Gasteiger partial charge in [-0.2, -0.15) is 0 Å². The molecule has 1 saturated heterocycles. The molecule has 1 fully saturated rings. The summed E-state index contributed by atoms with van der Waals surface area (Å²) in [4.78, 5) is 4.91. The van der Waals surface area contributed by atoms with Crippen LogP contribution in [0.1, 0.15) is 6.42 Å². The lowest BCUT2D eigenvalue weighted by Crippen LogP contribution is -2.35. The van der Waals surface area contributed by atoms with Crippen LogP contribution in [0.2, 0.25) is 0 Å². The van der Waals surface area contributed by atoms with Gasteiger partial charge in [-0.1, -0.05) is 12.1 Å². The van der Waals surface area contributed by atoms with Gasteiger partial charge < -0.3 is 20.1 Å². The zero-order valence-corrected chi connectivity index (χ0v) is 13.0. The predicted molar refractivity (Wildman–Crippen MR) is 85.0 cm³/mol. The fraction of sp³-hybridized carbons (Fsp3) is 0.625. The summed E-state index contributed by atoms with van der Waals surface area (Å²) in [6, 6.07) is 7.79. The third kappa shape index (κ3) is 5.19. The molecule has 0 spiro atoms. The fourth-order valence-electron chi connectivity index (χ4n) is 2.68. The van der Waals surface area contributed by atoms with Crippen LogP contribution in [0, 0.1) is 0 Å². The van der Waals surface area contributed by atoms with Crippen molar-refractivity contribution in [2.75, 3.05) is 59.5 Å². The van der Waals surface area contributed by atoms with Crippen LogP contribution >= 0.6 is 0 Å². The number of nitrogens with zero attached hydrogens (tertiary/aromatic N) is 2. The zero-order valence-electron chi connectivity index (χ0n) is 13.0. The minimum Gasteiger partial charge on any atom is -0.493 e. The standard InChI is InChI=1S/C16H27N3O2/c1-20-15-5-2-3-6-16(15)21-14-13-19-9-4-8-18(10-7-17)11-12-19/h2-3,5-6H,4,7-14,17H2,1H3. The number of nitrogens with two attached hydrogens (primary N) is 1. The summed E-state index contributed by atoms with van der Waals surface area (Å²) in [5.74, 6) is 1.61. The molecule has 5 nitrogen and oxygen atoms in total. The number of benzene rings is 1. The molecule has 0 amide bonds. The summed E-state index contributed by atoms with van der Waals surface area (Å²) in [7, 11) is 1.67. The molecule has 2 rings (SSSR count). The summed E-state index contributed by atoms with van der Waals surface area (Å²) in [5.41, 5.74) is 5.63. The van der Waals surface area contributed by atoms with E-state index in [1.54, 1.807) is 7.11 Å². The second kappa shape index (κ2) is 8.87. The summed E-state index contributed by atoms with van der Waals surface area (Å²) in [5, 5.41) is 0.